The Morgan fingerprint density at radius 2 is 1.63 bits per heavy atom. The van der Waals surface area contributed by atoms with E-state index in [1.54, 1.807) is 28.4 Å². The van der Waals surface area contributed by atoms with E-state index < -0.39 is 0 Å². The highest BCUT2D eigenvalue weighted by Crippen LogP contribution is 2.67. The van der Waals surface area contributed by atoms with Gasteiger partial charge in [-0.15, -0.1) is 0 Å². The molecule has 2 aliphatic carbocycles. The number of rotatable bonds is 6. The quantitative estimate of drug-likeness (QED) is 0.763. The minimum absolute atomic E-state index is 0.133. The molecule has 6 nitrogen and oxygen atoms in total. The van der Waals surface area contributed by atoms with E-state index in [1.807, 2.05) is 12.1 Å². The number of fused-ring (bicyclic) bond motifs is 2. The number of methoxy groups -OCH3 is 4. The molecule has 0 spiro atoms. The van der Waals surface area contributed by atoms with Crippen LogP contribution in [0, 0.1) is 11.8 Å². The highest BCUT2D eigenvalue weighted by Gasteiger charge is 2.75. The predicted octanol–water partition coefficient (Wildman–Crippen LogP) is 2.69. The van der Waals surface area contributed by atoms with Gasteiger partial charge in [-0.25, -0.2) is 0 Å². The molecule has 0 bridgehead atoms. The van der Waals surface area contributed by atoms with Crippen molar-refractivity contribution in [1.82, 2.24) is 0 Å². The van der Waals surface area contributed by atoms with Crippen molar-refractivity contribution in [2.45, 2.75) is 30.7 Å². The first kappa shape index (κ1) is 17.3. The van der Waals surface area contributed by atoms with Crippen molar-refractivity contribution in [3.05, 3.63) is 23.3 Å². The second kappa shape index (κ2) is 6.12. The Labute approximate surface area is 159 Å². The number of hydrogen-bond donors (Lipinski definition) is 0. The van der Waals surface area contributed by atoms with E-state index in [0.29, 0.717) is 29.1 Å². The van der Waals surface area contributed by atoms with Crippen molar-refractivity contribution in [2.24, 2.45) is 11.8 Å². The Kier molecular flexibility index (Phi) is 3.93. The fourth-order valence-electron chi connectivity index (χ4n) is 5.52. The maximum Gasteiger partial charge on any atom is 0.203 e. The Balaban J connectivity index is 1.65. The van der Waals surface area contributed by atoms with E-state index in [-0.39, 0.29) is 17.8 Å². The van der Waals surface area contributed by atoms with Gasteiger partial charge >= 0.3 is 0 Å². The molecular weight excluding hydrogens is 348 g/mol. The van der Waals surface area contributed by atoms with Crippen LogP contribution in [0.2, 0.25) is 0 Å². The first-order chi connectivity index (χ1) is 13.2. The van der Waals surface area contributed by atoms with Crippen LogP contribution in [0.25, 0.3) is 5.57 Å². The van der Waals surface area contributed by atoms with E-state index in [0.717, 1.165) is 31.6 Å². The predicted molar refractivity (Wildman–Crippen MR) is 98.5 cm³/mol. The van der Waals surface area contributed by atoms with Gasteiger partial charge in [-0.2, -0.15) is 0 Å². The molecule has 1 aromatic carbocycles. The SMILES string of the molecule is COc1cc(C2=C([C@@]3(OC)[C@@H]4CCO[C@@H]43)[C@H]3OCC[C@@H]23)cc(OC)c1OC. The van der Waals surface area contributed by atoms with Crippen LogP contribution in [0.1, 0.15) is 18.4 Å². The van der Waals surface area contributed by atoms with Gasteiger partial charge in [0.25, 0.3) is 0 Å². The standard InChI is InChI=1S/C21H26O6/c1-22-14-9-11(10-15(23-2)19(14)24-3)16-12-5-7-26-18(12)17(16)21(25-4)13-6-8-27-20(13)21/h9-10,12-13,18,20H,5-8H2,1-4H3/t12-,13+,18-,20-,21-/m0/s1. The van der Waals surface area contributed by atoms with Crippen LogP contribution in [0.5, 0.6) is 17.2 Å². The minimum atomic E-state index is -0.334. The van der Waals surface area contributed by atoms with Crippen molar-refractivity contribution in [1.29, 1.82) is 0 Å². The van der Waals surface area contributed by atoms with Crippen molar-refractivity contribution in [3.63, 3.8) is 0 Å². The van der Waals surface area contributed by atoms with Crippen molar-refractivity contribution in [2.75, 3.05) is 41.7 Å². The molecule has 6 heteroatoms. The molecule has 0 aromatic heterocycles. The normalized spacial score (nSPS) is 36.1. The summed E-state index contributed by atoms with van der Waals surface area (Å²) in [6, 6.07) is 4.07. The summed E-state index contributed by atoms with van der Waals surface area (Å²) in [5.41, 5.74) is 3.32. The number of benzene rings is 1. The van der Waals surface area contributed by atoms with Crippen molar-refractivity contribution < 1.29 is 28.4 Å². The molecule has 3 fully saturated rings. The maximum absolute atomic E-state index is 6.09. The summed E-state index contributed by atoms with van der Waals surface area (Å²) in [5.74, 6) is 2.76. The third kappa shape index (κ3) is 2.12. The summed E-state index contributed by atoms with van der Waals surface area (Å²) < 4.78 is 34.8. The van der Waals surface area contributed by atoms with Crippen LogP contribution in [0.15, 0.2) is 17.7 Å². The Bertz CT molecular complexity index is 765. The van der Waals surface area contributed by atoms with Gasteiger partial charge in [0.1, 0.15) is 5.60 Å². The van der Waals surface area contributed by atoms with E-state index in [2.05, 4.69) is 0 Å². The molecule has 5 rings (SSSR count). The third-order valence-electron chi connectivity index (χ3n) is 6.73. The summed E-state index contributed by atoms with van der Waals surface area (Å²) in [7, 11) is 6.71. The van der Waals surface area contributed by atoms with Crippen molar-refractivity contribution >= 4 is 5.57 Å². The fraction of sp³-hybridized carbons (Fsp3) is 0.619. The molecule has 146 valence electrons. The lowest BCUT2D eigenvalue weighted by Gasteiger charge is -2.42. The van der Waals surface area contributed by atoms with E-state index in [9.17, 15) is 0 Å². The first-order valence-electron chi connectivity index (χ1n) is 9.54. The Morgan fingerprint density at radius 1 is 0.926 bits per heavy atom. The molecule has 2 saturated heterocycles. The second-order valence-electron chi connectivity index (χ2n) is 7.61. The van der Waals surface area contributed by atoms with Crippen LogP contribution in [-0.4, -0.2) is 59.5 Å². The topological polar surface area (TPSA) is 55.4 Å². The summed E-state index contributed by atoms with van der Waals surface area (Å²) in [4.78, 5) is 0. The largest absolute Gasteiger partial charge is 0.493 e. The molecule has 1 saturated carbocycles. The van der Waals surface area contributed by atoms with Crippen LogP contribution in [0.4, 0.5) is 0 Å². The van der Waals surface area contributed by atoms with Gasteiger partial charge < -0.3 is 28.4 Å². The second-order valence-corrected chi connectivity index (χ2v) is 7.61. The summed E-state index contributed by atoms with van der Waals surface area (Å²) >= 11 is 0. The molecule has 1 aromatic rings. The highest BCUT2D eigenvalue weighted by atomic mass is 16.6. The van der Waals surface area contributed by atoms with Crippen LogP contribution in [0.3, 0.4) is 0 Å². The third-order valence-corrected chi connectivity index (χ3v) is 6.73. The molecule has 0 N–H and O–H groups in total. The molecule has 0 radical (unpaired) electrons. The van der Waals surface area contributed by atoms with E-state index >= 15 is 0 Å². The van der Waals surface area contributed by atoms with Crippen molar-refractivity contribution in [3.8, 4) is 17.2 Å². The average Bonchev–Trinajstić information content (AvgIpc) is 3.04. The van der Waals surface area contributed by atoms with Gasteiger partial charge in [0, 0.05) is 32.2 Å². The monoisotopic (exact) mass is 374 g/mol. The summed E-state index contributed by atoms with van der Waals surface area (Å²) in [6.45, 7) is 1.60. The number of ether oxygens (including phenoxy) is 6. The molecule has 2 heterocycles. The minimum Gasteiger partial charge on any atom is -0.493 e. The summed E-state index contributed by atoms with van der Waals surface area (Å²) in [5, 5.41) is 0. The maximum atomic E-state index is 6.09. The van der Waals surface area contributed by atoms with Gasteiger partial charge in [0.15, 0.2) is 11.5 Å². The fourth-order valence-corrected chi connectivity index (χ4v) is 5.52. The molecule has 27 heavy (non-hydrogen) atoms. The highest BCUT2D eigenvalue weighted by molar-refractivity contribution is 5.84. The average molecular weight is 374 g/mol. The Morgan fingerprint density at radius 3 is 2.19 bits per heavy atom. The molecule has 0 amide bonds. The van der Waals surface area contributed by atoms with E-state index in [4.69, 9.17) is 28.4 Å². The van der Waals surface area contributed by atoms with Gasteiger partial charge in [-0.1, -0.05) is 0 Å². The van der Waals surface area contributed by atoms with E-state index in [1.165, 1.54) is 11.1 Å². The zero-order valence-electron chi connectivity index (χ0n) is 16.2. The lowest BCUT2D eigenvalue weighted by Crippen LogP contribution is -2.43. The lowest BCUT2D eigenvalue weighted by molar-refractivity contribution is -0.00953. The molecule has 0 unspecified atom stereocenters. The molecule has 4 aliphatic rings. The van der Waals surface area contributed by atoms with Gasteiger partial charge in [-0.05, 0) is 41.7 Å². The van der Waals surface area contributed by atoms with Gasteiger partial charge in [-0.3, -0.25) is 0 Å². The number of hydrogen-bond acceptors (Lipinski definition) is 6. The zero-order valence-corrected chi connectivity index (χ0v) is 16.2. The molecular formula is C21H26O6. The lowest BCUT2D eigenvalue weighted by atomic mass is 9.68. The molecule has 5 atom stereocenters. The van der Waals surface area contributed by atoms with Crippen LogP contribution < -0.4 is 14.2 Å². The van der Waals surface area contributed by atoms with Gasteiger partial charge in [0.05, 0.1) is 33.5 Å². The van der Waals surface area contributed by atoms with Gasteiger partial charge in [0.2, 0.25) is 5.75 Å². The zero-order chi connectivity index (χ0) is 18.8. The summed E-state index contributed by atoms with van der Waals surface area (Å²) in [6.07, 6.45) is 2.35. The van der Waals surface area contributed by atoms with Crippen LogP contribution in [-0.2, 0) is 14.2 Å². The van der Waals surface area contributed by atoms with Crippen LogP contribution >= 0.6 is 0 Å². The smallest absolute Gasteiger partial charge is 0.203 e. The first-order valence-corrected chi connectivity index (χ1v) is 9.54. The Hall–Kier alpha value is -1.76. The molecule has 2 aliphatic heterocycles.